The van der Waals surface area contributed by atoms with Crippen molar-refractivity contribution in [1.29, 1.82) is 0 Å². The van der Waals surface area contributed by atoms with E-state index in [1.54, 1.807) is 25.5 Å². The number of hydrogen-bond donors (Lipinski definition) is 3. The van der Waals surface area contributed by atoms with Crippen LogP contribution in [-0.4, -0.2) is 32.7 Å². The Hall–Kier alpha value is -0.860. The molecule has 1 unspecified atom stereocenters. The Morgan fingerprint density at radius 1 is 1.32 bits per heavy atom. The number of amides is 1. The molecule has 0 radical (unpaired) electrons. The molecule has 7 nitrogen and oxygen atoms in total. The van der Waals surface area contributed by atoms with Crippen molar-refractivity contribution in [3.8, 4) is 0 Å². The lowest BCUT2D eigenvalue weighted by atomic mass is 9.92. The highest BCUT2D eigenvalue weighted by atomic mass is 32.2. The second kappa shape index (κ2) is 7.06. The molecule has 0 saturated heterocycles. The lowest BCUT2D eigenvalue weighted by molar-refractivity contribution is 0.121. The second-order valence-corrected chi connectivity index (χ2v) is 6.94. The maximum atomic E-state index is 11.8. The fourth-order valence-electron chi connectivity index (χ4n) is 1.77. The van der Waals surface area contributed by atoms with E-state index in [1.165, 1.54) is 0 Å². The van der Waals surface area contributed by atoms with Crippen LogP contribution in [0, 0.1) is 5.92 Å². The molecule has 1 atom stereocenters. The molecule has 8 heteroatoms. The molecule has 114 valence electrons. The Labute approximate surface area is 115 Å². The fraction of sp³-hybridized carbons (Fsp3) is 0.909. The topological polar surface area (TPSA) is 111 Å². The molecular formula is C11H25N3O4S. The van der Waals surface area contributed by atoms with Crippen LogP contribution in [0.3, 0.4) is 0 Å². The Balaban J connectivity index is 4.70. The molecule has 0 aromatic heterocycles. The third-order valence-corrected chi connectivity index (χ3v) is 3.45. The van der Waals surface area contributed by atoms with Gasteiger partial charge in [-0.05, 0) is 33.1 Å². The summed E-state index contributed by atoms with van der Waals surface area (Å²) >= 11 is 0. The van der Waals surface area contributed by atoms with Crippen molar-refractivity contribution in [3.63, 3.8) is 0 Å². The van der Waals surface area contributed by atoms with Crippen molar-refractivity contribution < 1.29 is 17.9 Å². The number of carbonyl (C=O) groups is 1. The molecule has 0 aliphatic rings. The summed E-state index contributed by atoms with van der Waals surface area (Å²) in [6.07, 6.45) is -0.845. The Bertz CT molecular complexity index is 395. The van der Waals surface area contributed by atoms with E-state index in [2.05, 4.69) is 4.72 Å². The van der Waals surface area contributed by atoms with Gasteiger partial charge in [-0.1, -0.05) is 13.8 Å². The molecule has 0 rings (SSSR count). The summed E-state index contributed by atoms with van der Waals surface area (Å²) in [6.45, 7) is 9.00. The Kier molecular flexibility index (Phi) is 6.74. The molecule has 1 amide bonds. The molecule has 0 heterocycles. The van der Waals surface area contributed by atoms with Gasteiger partial charge in [0.25, 0.3) is 0 Å². The fourth-order valence-corrected chi connectivity index (χ4v) is 2.90. The highest BCUT2D eigenvalue weighted by Crippen LogP contribution is 2.16. The summed E-state index contributed by atoms with van der Waals surface area (Å²) in [6, 6.07) is 0. The van der Waals surface area contributed by atoms with Gasteiger partial charge in [0.05, 0.1) is 6.10 Å². The third kappa shape index (κ3) is 8.02. The van der Waals surface area contributed by atoms with Gasteiger partial charge in [-0.25, -0.2) is 9.52 Å². The summed E-state index contributed by atoms with van der Waals surface area (Å²) in [4.78, 5) is 11.3. The average Bonchev–Trinajstić information content (AvgIpc) is 2.12. The monoisotopic (exact) mass is 295 g/mol. The Morgan fingerprint density at radius 2 is 1.84 bits per heavy atom. The first-order valence-corrected chi connectivity index (χ1v) is 7.70. The van der Waals surface area contributed by atoms with Crippen molar-refractivity contribution in [2.45, 2.75) is 52.7 Å². The maximum absolute atomic E-state index is 11.8. The largest absolute Gasteiger partial charge is 0.446 e. The molecule has 0 aromatic carbocycles. The van der Waals surface area contributed by atoms with Crippen molar-refractivity contribution >= 4 is 16.3 Å². The van der Waals surface area contributed by atoms with E-state index >= 15 is 0 Å². The molecule has 4 N–H and O–H groups in total. The van der Waals surface area contributed by atoms with Crippen LogP contribution in [0.4, 0.5) is 4.79 Å². The number of carbonyl (C=O) groups excluding carboxylic acids is 1. The highest BCUT2D eigenvalue weighted by Gasteiger charge is 2.30. The average molecular weight is 295 g/mol. The first kappa shape index (κ1) is 18.1. The van der Waals surface area contributed by atoms with E-state index < -0.39 is 27.9 Å². The normalized spacial score (nSPS) is 15.4. The van der Waals surface area contributed by atoms with Gasteiger partial charge in [-0.2, -0.15) is 13.1 Å². The second-order valence-electron chi connectivity index (χ2n) is 5.52. The molecule has 19 heavy (non-hydrogen) atoms. The summed E-state index contributed by atoms with van der Waals surface area (Å²) < 4.78 is 32.5. The predicted molar refractivity (Wildman–Crippen MR) is 73.7 cm³/mol. The van der Waals surface area contributed by atoms with Gasteiger partial charge in [-0.3, -0.25) is 0 Å². The van der Waals surface area contributed by atoms with Gasteiger partial charge in [0, 0.05) is 12.1 Å². The quantitative estimate of drug-likeness (QED) is 0.641. The van der Waals surface area contributed by atoms with Crippen LogP contribution >= 0.6 is 0 Å². The van der Waals surface area contributed by atoms with E-state index in [9.17, 15) is 13.2 Å². The first-order valence-electron chi connectivity index (χ1n) is 6.22. The van der Waals surface area contributed by atoms with E-state index in [0.29, 0.717) is 6.42 Å². The van der Waals surface area contributed by atoms with E-state index in [-0.39, 0.29) is 12.5 Å². The summed E-state index contributed by atoms with van der Waals surface area (Å²) in [5, 5.41) is 0. The SMILES string of the molecule is CC(C)CC(C)(CN)NS(=O)(=O)NC(=O)OC(C)C. The molecule has 0 aliphatic heterocycles. The van der Waals surface area contributed by atoms with Crippen molar-refractivity contribution in [3.05, 3.63) is 0 Å². The van der Waals surface area contributed by atoms with Crippen LogP contribution in [0.2, 0.25) is 0 Å². The molecule has 0 aliphatic carbocycles. The molecule has 0 aromatic rings. The van der Waals surface area contributed by atoms with E-state index in [0.717, 1.165) is 0 Å². The van der Waals surface area contributed by atoms with Crippen LogP contribution in [0.15, 0.2) is 0 Å². The van der Waals surface area contributed by atoms with Gasteiger partial charge in [-0.15, -0.1) is 0 Å². The summed E-state index contributed by atoms with van der Waals surface area (Å²) in [5.74, 6) is 0.263. The predicted octanol–water partition coefficient (Wildman–Crippen LogP) is 0.719. The van der Waals surface area contributed by atoms with E-state index in [1.807, 2.05) is 13.8 Å². The van der Waals surface area contributed by atoms with Gasteiger partial charge >= 0.3 is 16.3 Å². The van der Waals surface area contributed by atoms with Gasteiger partial charge in [0.1, 0.15) is 0 Å². The summed E-state index contributed by atoms with van der Waals surface area (Å²) in [7, 11) is -4.00. The lowest BCUT2D eigenvalue weighted by Crippen LogP contribution is -2.56. The molecular weight excluding hydrogens is 270 g/mol. The zero-order chi connectivity index (χ0) is 15.3. The van der Waals surface area contributed by atoms with Crippen LogP contribution < -0.4 is 15.2 Å². The highest BCUT2D eigenvalue weighted by molar-refractivity contribution is 7.88. The van der Waals surface area contributed by atoms with Crippen LogP contribution in [0.5, 0.6) is 0 Å². The minimum absolute atomic E-state index is 0.130. The van der Waals surface area contributed by atoms with Crippen LogP contribution in [0.1, 0.15) is 41.0 Å². The minimum Gasteiger partial charge on any atom is -0.446 e. The maximum Gasteiger partial charge on any atom is 0.422 e. The number of hydrogen-bond acceptors (Lipinski definition) is 5. The molecule has 0 spiro atoms. The number of ether oxygens (including phenoxy) is 1. The van der Waals surface area contributed by atoms with Crippen molar-refractivity contribution in [2.75, 3.05) is 6.54 Å². The number of rotatable bonds is 7. The molecule has 0 bridgehead atoms. The smallest absolute Gasteiger partial charge is 0.422 e. The van der Waals surface area contributed by atoms with Crippen LogP contribution in [0.25, 0.3) is 0 Å². The van der Waals surface area contributed by atoms with Crippen molar-refractivity contribution in [2.24, 2.45) is 11.7 Å². The van der Waals surface area contributed by atoms with Gasteiger partial charge in [0.15, 0.2) is 0 Å². The Morgan fingerprint density at radius 3 is 2.21 bits per heavy atom. The number of nitrogens with one attached hydrogen (secondary N) is 2. The van der Waals surface area contributed by atoms with Crippen molar-refractivity contribution in [1.82, 2.24) is 9.44 Å². The summed E-state index contributed by atoms with van der Waals surface area (Å²) in [5.41, 5.74) is 4.80. The van der Waals surface area contributed by atoms with Crippen LogP contribution in [-0.2, 0) is 14.9 Å². The number of nitrogens with two attached hydrogens (primary N) is 1. The molecule has 0 saturated carbocycles. The molecule has 0 fully saturated rings. The zero-order valence-electron chi connectivity index (χ0n) is 12.2. The standard InChI is InChI=1S/C11H25N3O4S/c1-8(2)6-11(5,7-12)14-19(16,17)13-10(15)18-9(3)4/h8-9,14H,6-7,12H2,1-5H3,(H,13,15). The van der Waals surface area contributed by atoms with E-state index in [4.69, 9.17) is 10.5 Å². The van der Waals surface area contributed by atoms with Gasteiger partial charge < -0.3 is 10.5 Å². The lowest BCUT2D eigenvalue weighted by Gasteiger charge is -2.30. The van der Waals surface area contributed by atoms with Gasteiger partial charge in [0.2, 0.25) is 0 Å². The third-order valence-electron chi connectivity index (χ3n) is 2.25. The first-order chi connectivity index (χ1) is 8.49. The zero-order valence-corrected chi connectivity index (χ0v) is 13.0. The minimum atomic E-state index is -4.00.